The molecular formula is C13H23N3OS. The lowest BCUT2D eigenvalue weighted by Gasteiger charge is -2.19. The molecule has 0 amide bonds. The summed E-state index contributed by atoms with van der Waals surface area (Å²) in [5.41, 5.74) is 0.172. The highest BCUT2D eigenvalue weighted by molar-refractivity contribution is 7.11. The molecule has 0 spiro atoms. The van der Waals surface area contributed by atoms with E-state index >= 15 is 0 Å². The molecule has 0 bridgehead atoms. The van der Waals surface area contributed by atoms with E-state index in [4.69, 9.17) is 4.74 Å². The quantitative estimate of drug-likeness (QED) is 0.890. The largest absolute Gasteiger partial charge is 0.378 e. The van der Waals surface area contributed by atoms with Crippen molar-refractivity contribution >= 4 is 11.3 Å². The SMILES string of the molecule is CC(C)(C)NCCc1nnc(CC2CCCO2)s1. The first kappa shape index (κ1) is 13.9. The highest BCUT2D eigenvalue weighted by Gasteiger charge is 2.18. The number of hydrogen-bond donors (Lipinski definition) is 1. The molecule has 1 unspecified atom stereocenters. The third kappa shape index (κ3) is 4.63. The van der Waals surface area contributed by atoms with Gasteiger partial charge in [-0.3, -0.25) is 0 Å². The maximum atomic E-state index is 5.62. The summed E-state index contributed by atoms with van der Waals surface area (Å²) in [5.74, 6) is 0. The lowest BCUT2D eigenvalue weighted by molar-refractivity contribution is 0.111. The summed E-state index contributed by atoms with van der Waals surface area (Å²) in [6.45, 7) is 8.39. The minimum atomic E-state index is 0.172. The van der Waals surface area contributed by atoms with E-state index in [1.54, 1.807) is 11.3 Å². The number of ether oxygens (including phenoxy) is 1. The van der Waals surface area contributed by atoms with Crippen molar-refractivity contribution < 1.29 is 4.74 Å². The van der Waals surface area contributed by atoms with Gasteiger partial charge in [0.2, 0.25) is 0 Å². The zero-order chi connectivity index (χ0) is 13.0. The van der Waals surface area contributed by atoms with Crippen molar-refractivity contribution in [1.29, 1.82) is 0 Å². The topological polar surface area (TPSA) is 47.0 Å². The first-order chi connectivity index (χ1) is 8.53. The average Bonchev–Trinajstić information content (AvgIpc) is 2.89. The Morgan fingerprint density at radius 1 is 1.33 bits per heavy atom. The summed E-state index contributed by atoms with van der Waals surface area (Å²) in [6, 6.07) is 0. The molecule has 1 aromatic heterocycles. The van der Waals surface area contributed by atoms with Gasteiger partial charge in [0.25, 0.3) is 0 Å². The van der Waals surface area contributed by atoms with Gasteiger partial charge >= 0.3 is 0 Å². The third-order valence-electron chi connectivity index (χ3n) is 2.93. The lowest BCUT2D eigenvalue weighted by atomic mass is 10.1. The van der Waals surface area contributed by atoms with Crippen LogP contribution in [-0.2, 0) is 17.6 Å². The predicted molar refractivity (Wildman–Crippen MR) is 74.0 cm³/mol. The summed E-state index contributed by atoms with van der Waals surface area (Å²) in [7, 11) is 0. The molecule has 102 valence electrons. The van der Waals surface area contributed by atoms with Gasteiger partial charge < -0.3 is 10.1 Å². The fraction of sp³-hybridized carbons (Fsp3) is 0.846. The van der Waals surface area contributed by atoms with Gasteiger partial charge in [0.15, 0.2) is 0 Å². The predicted octanol–water partition coefficient (Wildman–Crippen LogP) is 2.19. The van der Waals surface area contributed by atoms with Crippen LogP contribution in [0.25, 0.3) is 0 Å². The highest BCUT2D eigenvalue weighted by atomic mass is 32.1. The van der Waals surface area contributed by atoms with Crippen molar-refractivity contribution in [2.75, 3.05) is 13.2 Å². The second-order valence-corrected chi connectivity index (χ2v) is 7.00. The van der Waals surface area contributed by atoms with E-state index in [9.17, 15) is 0 Å². The van der Waals surface area contributed by atoms with Crippen LogP contribution >= 0.6 is 11.3 Å². The van der Waals surface area contributed by atoms with Crippen LogP contribution in [0.15, 0.2) is 0 Å². The van der Waals surface area contributed by atoms with Crippen LogP contribution in [-0.4, -0.2) is 35.0 Å². The van der Waals surface area contributed by atoms with Gasteiger partial charge in [-0.1, -0.05) is 0 Å². The molecule has 0 aliphatic carbocycles. The maximum absolute atomic E-state index is 5.62. The van der Waals surface area contributed by atoms with E-state index in [-0.39, 0.29) is 5.54 Å². The van der Waals surface area contributed by atoms with E-state index in [0.717, 1.165) is 36.0 Å². The summed E-state index contributed by atoms with van der Waals surface area (Å²) in [5, 5.41) is 14.2. The van der Waals surface area contributed by atoms with Gasteiger partial charge in [-0.15, -0.1) is 21.5 Å². The van der Waals surface area contributed by atoms with Crippen molar-refractivity contribution in [3.05, 3.63) is 10.0 Å². The van der Waals surface area contributed by atoms with Crippen LogP contribution in [0, 0.1) is 0 Å². The third-order valence-corrected chi connectivity index (χ3v) is 3.93. The van der Waals surface area contributed by atoms with Gasteiger partial charge in [-0.25, -0.2) is 0 Å². The molecule has 1 atom stereocenters. The molecule has 1 aliphatic heterocycles. The molecule has 18 heavy (non-hydrogen) atoms. The van der Waals surface area contributed by atoms with Crippen LogP contribution in [0.5, 0.6) is 0 Å². The smallest absolute Gasteiger partial charge is 0.120 e. The summed E-state index contributed by atoms with van der Waals surface area (Å²) in [6.07, 6.45) is 4.62. The molecule has 5 heteroatoms. The van der Waals surface area contributed by atoms with Crippen molar-refractivity contribution in [1.82, 2.24) is 15.5 Å². The first-order valence-corrected chi connectivity index (χ1v) is 7.52. The van der Waals surface area contributed by atoms with Crippen LogP contribution < -0.4 is 5.32 Å². The summed E-state index contributed by atoms with van der Waals surface area (Å²) < 4.78 is 5.62. The first-order valence-electron chi connectivity index (χ1n) is 6.71. The Hall–Kier alpha value is -0.520. The zero-order valence-corrected chi connectivity index (χ0v) is 12.3. The Morgan fingerprint density at radius 3 is 2.78 bits per heavy atom. The van der Waals surface area contributed by atoms with Crippen molar-refractivity contribution in [2.24, 2.45) is 0 Å². The molecule has 2 rings (SSSR count). The summed E-state index contributed by atoms with van der Waals surface area (Å²) in [4.78, 5) is 0. The van der Waals surface area contributed by atoms with Gasteiger partial charge in [0.05, 0.1) is 6.10 Å². The van der Waals surface area contributed by atoms with E-state index in [0.29, 0.717) is 6.10 Å². The van der Waals surface area contributed by atoms with Crippen LogP contribution in [0.2, 0.25) is 0 Å². The van der Waals surface area contributed by atoms with Gasteiger partial charge in [-0.05, 0) is 33.6 Å². The minimum absolute atomic E-state index is 0.172. The number of nitrogens with one attached hydrogen (secondary N) is 1. The molecule has 0 radical (unpaired) electrons. The van der Waals surface area contributed by atoms with E-state index in [2.05, 4.69) is 36.3 Å². The number of rotatable bonds is 5. The monoisotopic (exact) mass is 269 g/mol. The molecule has 1 saturated heterocycles. The number of nitrogens with zero attached hydrogens (tertiary/aromatic N) is 2. The second kappa shape index (κ2) is 6.08. The Balaban J connectivity index is 1.75. The summed E-state index contributed by atoms with van der Waals surface area (Å²) >= 11 is 1.73. The lowest BCUT2D eigenvalue weighted by Crippen LogP contribution is -2.37. The fourth-order valence-corrected chi connectivity index (χ4v) is 2.93. The van der Waals surface area contributed by atoms with Crippen molar-refractivity contribution in [3.63, 3.8) is 0 Å². The van der Waals surface area contributed by atoms with Gasteiger partial charge in [0.1, 0.15) is 10.0 Å². The van der Waals surface area contributed by atoms with E-state index in [1.807, 2.05) is 0 Å². The Bertz CT molecular complexity index is 367. The molecule has 1 fully saturated rings. The average molecular weight is 269 g/mol. The zero-order valence-electron chi connectivity index (χ0n) is 11.5. The Morgan fingerprint density at radius 2 is 2.11 bits per heavy atom. The standard InChI is InChI=1S/C13H23N3OS/c1-13(2,3)14-7-6-11-15-16-12(18-11)9-10-5-4-8-17-10/h10,14H,4-9H2,1-3H3. The number of hydrogen-bond acceptors (Lipinski definition) is 5. The van der Waals surface area contributed by atoms with E-state index < -0.39 is 0 Å². The molecule has 2 heterocycles. The normalized spacial score (nSPS) is 20.5. The molecule has 1 aromatic rings. The molecule has 0 saturated carbocycles. The Kier molecular flexibility index (Phi) is 4.70. The molecule has 0 aromatic carbocycles. The molecular weight excluding hydrogens is 246 g/mol. The van der Waals surface area contributed by atoms with Crippen LogP contribution in [0.4, 0.5) is 0 Å². The minimum Gasteiger partial charge on any atom is -0.378 e. The molecule has 4 nitrogen and oxygen atoms in total. The van der Waals surface area contributed by atoms with E-state index in [1.165, 1.54) is 12.8 Å². The molecule has 1 N–H and O–H groups in total. The van der Waals surface area contributed by atoms with Gasteiger partial charge in [-0.2, -0.15) is 0 Å². The van der Waals surface area contributed by atoms with Crippen molar-refractivity contribution in [3.8, 4) is 0 Å². The van der Waals surface area contributed by atoms with Crippen LogP contribution in [0.3, 0.4) is 0 Å². The maximum Gasteiger partial charge on any atom is 0.120 e. The van der Waals surface area contributed by atoms with Gasteiger partial charge in [0, 0.05) is 31.5 Å². The second-order valence-electron chi connectivity index (χ2n) is 5.86. The Labute approximate surface area is 113 Å². The fourth-order valence-electron chi connectivity index (χ4n) is 2.02. The molecule has 1 aliphatic rings. The highest BCUT2D eigenvalue weighted by Crippen LogP contribution is 2.19. The van der Waals surface area contributed by atoms with Crippen molar-refractivity contribution in [2.45, 2.75) is 58.1 Å². The van der Waals surface area contributed by atoms with Crippen LogP contribution in [0.1, 0.15) is 43.6 Å². The number of aromatic nitrogens is 2.